The van der Waals surface area contributed by atoms with Crippen molar-refractivity contribution in [2.75, 3.05) is 11.2 Å². The number of rotatable bonds is 8. The maximum atomic E-state index is 12.6. The van der Waals surface area contributed by atoms with E-state index in [0.29, 0.717) is 21.6 Å². The number of urea groups is 1. The molecule has 0 saturated carbocycles. The quantitative estimate of drug-likeness (QED) is 0.293. The van der Waals surface area contributed by atoms with Crippen LogP contribution in [-0.2, 0) is 24.4 Å². The van der Waals surface area contributed by atoms with Crippen LogP contribution in [-0.4, -0.2) is 26.5 Å². The molecule has 13 heteroatoms. The predicted octanol–water partition coefficient (Wildman–Crippen LogP) is 1.98. The summed E-state index contributed by atoms with van der Waals surface area (Å²) in [6.45, 7) is 1.97. The molecule has 0 saturated heterocycles. The normalized spacial score (nSPS) is 10.4. The van der Waals surface area contributed by atoms with Crippen molar-refractivity contribution in [3.63, 3.8) is 0 Å². The molecule has 3 aromatic rings. The van der Waals surface area contributed by atoms with Crippen molar-refractivity contribution in [3.8, 4) is 0 Å². The van der Waals surface area contributed by atoms with E-state index in [2.05, 4.69) is 31.5 Å². The largest absolute Gasteiger partial charge is 0.384 e. The summed E-state index contributed by atoms with van der Waals surface area (Å²) in [6, 6.07) is 7.79. The minimum Gasteiger partial charge on any atom is -0.384 e. The van der Waals surface area contributed by atoms with Gasteiger partial charge in [-0.1, -0.05) is 35.3 Å². The molecule has 0 aliphatic rings. The third kappa shape index (κ3) is 6.83. The van der Waals surface area contributed by atoms with Gasteiger partial charge in [-0.3, -0.25) is 20.4 Å². The van der Waals surface area contributed by atoms with Crippen molar-refractivity contribution in [2.45, 2.75) is 26.6 Å². The van der Waals surface area contributed by atoms with Crippen molar-refractivity contribution in [1.29, 1.82) is 0 Å². The van der Waals surface area contributed by atoms with Gasteiger partial charge >= 0.3 is 6.03 Å². The van der Waals surface area contributed by atoms with Crippen LogP contribution in [0.5, 0.6) is 0 Å². The second-order valence-corrected chi connectivity index (χ2v) is 7.96. The molecule has 0 fully saturated rings. The number of nitrogen functional groups attached to an aromatic ring is 1. The molecule has 3 amide bonds. The number of aromatic nitrogens is 3. The Hall–Kier alpha value is -3.83. The molecule has 2 heterocycles. The van der Waals surface area contributed by atoms with Crippen LogP contribution in [0.1, 0.15) is 16.8 Å². The number of carbonyl (C=O) groups is 2. The van der Waals surface area contributed by atoms with E-state index in [1.165, 1.54) is 12.4 Å². The number of nitrogens with one attached hydrogen (secondary N) is 4. The third-order valence-electron chi connectivity index (χ3n) is 4.65. The fourth-order valence-corrected chi connectivity index (χ4v) is 3.17. The van der Waals surface area contributed by atoms with Crippen LogP contribution >= 0.6 is 23.2 Å². The molecule has 0 atom stereocenters. The lowest BCUT2D eigenvalue weighted by Crippen LogP contribution is -2.41. The molecule has 1 aromatic carbocycles. The van der Waals surface area contributed by atoms with Crippen LogP contribution in [0.4, 0.5) is 16.4 Å². The lowest BCUT2D eigenvalue weighted by atomic mass is 10.2. The van der Waals surface area contributed by atoms with Gasteiger partial charge in [0.05, 0.1) is 10.0 Å². The monoisotopic (exact) mass is 504 g/mol. The van der Waals surface area contributed by atoms with Gasteiger partial charge in [-0.2, -0.15) is 0 Å². The first-order chi connectivity index (χ1) is 16.2. The molecule has 0 unspecified atom stereocenters. The van der Waals surface area contributed by atoms with Gasteiger partial charge < -0.3 is 20.9 Å². The number of carbonyl (C=O) groups excluding carboxylic acids is 2. The Morgan fingerprint density at radius 3 is 2.62 bits per heavy atom. The van der Waals surface area contributed by atoms with Crippen molar-refractivity contribution < 1.29 is 9.59 Å². The SMILES string of the molecule is Cc1nc(N)ccc1CNC(=O)Cn1ccnc(NNC(=O)NCc2ccc(Cl)c(Cl)c2)c1=O. The number of nitrogens with zero attached hydrogens (tertiary/aromatic N) is 3. The van der Waals surface area contributed by atoms with Crippen LogP contribution in [0.25, 0.3) is 0 Å². The van der Waals surface area contributed by atoms with E-state index >= 15 is 0 Å². The Bertz CT molecular complexity index is 1270. The van der Waals surface area contributed by atoms with Crippen molar-refractivity contribution in [1.82, 2.24) is 30.6 Å². The smallest absolute Gasteiger partial charge is 0.333 e. The summed E-state index contributed by atoms with van der Waals surface area (Å²) in [7, 11) is 0. The molecule has 2 aromatic heterocycles. The van der Waals surface area contributed by atoms with Crippen LogP contribution in [0.15, 0.2) is 47.5 Å². The van der Waals surface area contributed by atoms with Gasteiger partial charge in [0.2, 0.25) is 11.7 Å². The number of amides is 3. The Morgan fingerprint density at radius 1 is 1.09 bits per heavy atom. The Balaban J connectivity index is 1.51. The number of benzene rings is 1. The molecule has 11 nitrogen and oxygen atoms in total. The highest BCUT2D eigenvalue weighted by Gasteiger charge is 2.10. The van der Waals surface area contributed by atoms with Gasteiger partial charge in [-0.25, -0.2) is 14.8 Å². The highest BCUT2D eigenvalue weighted by atomic mass is 35.5. The molecule has 0 aliphatic carbocycles. The van der Waals surface area contributed by atoms with Gasteiger partial charge in [0.1, 0.15) is 12.4 Å². The average molecular weight is 505 g/mol. The molecule has 0 radical (unpaired) electrons. The van der Waals surface area contributed by atoms with E-state index in [-0.39, 0.29) is 31.4 Å². The molecule has 3 rings (SSSR count). The first-order valence-electron chi connectivity index (χ1n) is 10.0. The molecule has 0 spiro atoms. The summed E-state index contributed by atoms with van der Waals surface area (Å²) < 4.78 is 1.16. The number of halogens is 2. The summed E-state index contributed by atoms with van der Waals surface area (Å²) in [5.41, 5.74) is 12.1. The Kier molecular flexibility index (Phi) is 8.28. The first kappa shape index (κ1) is 24.8. The maximum absolute atomic E-state index is 12.6. The molecule has 178 valence electrons. The number of hydrazine groups is 1. The maximum Gasteiger partial charge on any atom is 0.333 e. The number of anilines is 2. The molecular weight excluding hydrogens is 483 g/mol. The number of pyridine rings is 1. The summed E-state index contributed by atoms with van der Waals surface area (Å²) in [4.78, 5) is 44.9. The van der Waals surface area contributed by atoms with Crippen molar-refractivity contribution in [2.24, 2.45) is 0 Å². The van der Waals surface area contributed by atoms with Crippen LogP contribution in [0.3, 0.4) is 0 Å². The minimum absolute atomic E-state index is 0.154. The molecule has 34 heavy (non-hydrogen) atoms. The van der Waals surface area contributed by atoms with Gasteiger partial charge in [0.15, 0.2) is 0 Å². The summed E-state index contributed by atoms with van der Waals surface area (Å²) in [5.74, 6) is -0.144. The van der Waals surface area contributed by atoms with E-state index in [9.17, 15) is 14.4 Å². The standard InChI is InChI=1S/C21H22Cl2N8O3/c1-12-14(3-5-17(24)28-12)10-26-18(32)11-31-7-6-25-19(20(31)33)29-30-21(34)27-9-13-2-4-15(22)16(23)8-13/h2-8H,9-11H2,1H3,(H2,24,28)(H,25,29)(H,26,32)(H2,27,30,34). The number of nitrogens with two attached hydrogens (primary N) is 1. The second kappa shape index (κ2) is 11.3. The fraction of sp³-hybridized carbons (Fsp3) is 0.190. The lowest BCUT2D eigenvalue weighted by Gasteiger charge is -2.12. The van der Waals surface area contributed by atoms with Gasteiger partial charge in [0, 0.05) is 31.2 Å². The summed E-state index contributed by atoms with van der Waals surface area (Å²) in [6.07, 6.45) is 2.70. The van der Waals surface area contributed by atoms with E-state index in [0.717, 1.165) is 15.7 Å². The zero-order valence-electron chi connectivity index (χ0n) is 18.1. The molecule has 0 bridgehead atoms. The third-order valence-corrected chi connectivity index (χ3v) is 5.39. The lowest BCUT2D eigenvalue weighted by molar-refractivity contribution is -0.121. The van der Waals surface area contributed by atoms with Gasteiger partial charge in [-0.15, -0.1) is 0 Å². The van der Waals surface area contributed by atoms with Gasteiger partial charge in [-0.05, 0) is 36.2 Å². The first-order valence-corrected chi connectivity index (χ1v) is 10.8. The van der Waals surface area contributed by atoms with Crippen LogP contribution in [0, 0.1) is 6.92 Å². The minimum atomic E-state index is -0.604. The fourth-order valence-electron chi connectivity index (χ4n) is 2.85. The highest BCUT2D eigenvalue weighted by Crippen LogP contribution is 2.22. The van der Waals surface area contributed by atoms with Crippen LogP contribution < -0.4 is 32.8 Å². The Morgan fingerprint density at radius 2 is 1.88 bits per heavy atom. The number of hydrogen-bond acceptors (Lipinski definition) is 7. The zero-order valence-corrected chi connectivity index (χ0v) is 19.6. The number of aryl methyl sites for hydroxylation is 1. The van der Waals surface area contributed by atoms with Crippen LogP contribution in [0.2, 0.25) is 10.0 Å². The molecular formula is C21H22Cl2N8O3. The number of hydrogen-bond donors (Lipinski definition) is 5. The summed E-state index contributed by atoms with van der Waals surface area (Å²) in [5, 5.41) is 6.11. The topological polar surface area (TPSA) is 156 Å². The molecule has 0 aliphatic heterocycles. The van der Waals surface area contributed by atoms with Crippen molar-refractivity contribution in [3.05, 3.63) is 79.9 Å². The second-order valence-electron chi connectivity index (χ2n) is 7.15. The average Bonchev–Trinajstić information content (AvgIpc) is 2.80. The predicted molar refractivity (Wildman–Crippen MR) is 129 cm³/mol. The van der Waals surface area contributed by atoms with E-state index in [4.69, 9.17) is 28.9 Å². The summed E-state index contributed by atoms with van der Waals surface area (Å²) >= 11 is 11.8. The van der Waals surface area contributed by atoms with Gasteiger partial charge in [0.25, 0.3) is 5.56 Å². The Labute approximate surface area is 204 Å². The van der Waals surface area contributed by atoms with E-state index in [1.54, 1.807) is 37.3 Å². The van der Waals surface area contributed by atoms with Crippen molar-refractivity contribution >= 4 is 46.8 Å². The highest BCUT2D eigenvalue weighted by molar-refractivity contribution is 6.42. The zero-order chi connectivity index (χ0) is 24.7. The van der Waals surface area contributed by atoms with E-state index in [1.807, 2.05) is 0 Å². The van der Waals surface area contributed by atoms with E-state index < -0.39 is 11.6 Å². The molecule has 6 N–H and O–H groups in total.